The molecule has 0 fully saturated rings. The molecule has 140 valence electrons. The highest BCUT2D eigenvalue weighted by atomic mass is 32.2. The van der Waals surface area contributed by atoms with Crippen molar-refractivity contribution in [2.45, 2.75) is 37.2 Å². The Labute approximate surface area is 160 Å². The van der Waals surface area contributed by atoms with Crippen LogP contribution in [0.15, 0.2) is 58.5 Å². The van der Waals surface area contributed by atoms with Crippen molar-refractivity contribution in [2.24, 2.45) is 0 Å². The molecule has 1 aromatic heterocycles. The number of fused-ring (bicyclic) bond motifs is 1. The molecule has 0 radical (unpaired) electrons. The second kappa shape index (κ2) is 8.35. The fourth-order valence-electron chi connectivity index (χ4n) is 2.67. The zero-order valence-corrected chi connectivity index (χ0v) is 15.9. The van der Waals surface area contributed by atoms with E-state index in [2.05, 4.69) is 10.3 Å². The monoisotopic (exact) mass is 385 g/mol. The molecule has 2 aromatic carbocycles. The maximum atomic E-state index is 13.8. The van der Waals surface area contributed by atoms with Crippen LogP contribution in [-0.4, -0.2) is 20.7 Å². The summed E-state index contributed by atoms with van der Waals surface area (Å²) in [6, 6.07) is 13.2. The van der Waals surface area contributed by atoms with Crippen LogP contribution in [0.25, 0.3) is 10.9 Å². The van der Waals surface area contributed by atoms with Crippen molar-refractivity contribution in [3.63, 3.8) is 0 Å². The van der Waals surface area contributed by atoms with E-state index in [-0.39, 0.29) is 17.2 Å². The lowest BCUT2D eigenvalue weighted by Crippen LogP contribution is -2.27. The van der Waals surface area contributed by atoms with Crippen molar-refractivity contribution >= 4 is 34.3 Å². The molecule has 27 heavy (non-hydrogen) atoms. The van der Waals surface area contributed by atoms with E-state index in [1.54, 1.807) is 41.8 Å². The van der Waals surface area contributed by atoms with Crippen molar-refractivity contribution in [2.75, 3.05) is 5.32 Å². The highest BCUT2D eigenvalue weighted by Crippen LogP contribution is 2.24. The molecule has 1 amide bonds. The Morgan fingerprint density at radius 1 is 1.22 bits per heavy atom. The SMILES string of the molecule is CCCn1c(SC(C)C(=O)Nc2ccccc2F)nc2ccccc2c1=O. The van der Waals surface area contributed by atoms with Crippen LogP contribution in [0.2, 0.25) is 0 Å². The Morgan fingerprint density at radius 2 is 1.93 bits per heavy atom. The average Bonchev–Trinajstić information content (AvgIpc) is 2.66. The number of carbonyl (C=O) groups excluding carboxylic acids is 1. The highest BCUT2D eigenvalue weighted by molar-refractivity contribution is 8.00. The fraction of sp³-hybridized carbons (Fsp3) is 0.250. The third-order valence-electron chi connectivity index (χ3n) is 4.06. The molecule has 7 heteroatoms. The molecule has 0 spiro atoms. The predicted molar refractivity (Wildman–Crippen MR) is 107 cm³/mol. The summed E-state index contributed by atoms with van der Waals surface area (Å²) in [5, 5.41) is 3.07. The first kappa shape index (κ1) is 19.1. The molecule has 0 saturated heterocycles. The third kappa shape index (κ3) is 4.19. The summed E-state index contributed by atoms with van der Waals surface area (Å²) in [6.45, 7) is 4.20. The number of thioether (sulfide) groups is 1. The van der Waals surface area contributed by atoms with Crippen LogP contribution in [0.4, 0.5) is 10.1 Å². The number of halogens is 1. The van der Waals surface area contributed by atoms with Gasteiger partial charge in [-0.2, -0.15) is 0 Å². The molecule has 5 nitrogen and oxygen atoms in total. The van der Waals surface area contributed by atoms with E-state index in [1.165, 1.54) is 23.9 Å². The van der Waals surface area contributed by atoms with Gasteiger partial charge in [-0.1, -0.05) is 43.0 Å². The van der Waals surface area contributed by atoms with E-state index in [0.717, 1.165) is 6.42 Å². The number of carbonyl (C=O) groups is 1. The molecule has 0 aliphatic carbocycles. The first-order valence-corrected chi connectivity index (χ1v) is 9.61. The van der Waals surface area contributed by atoms with E-state index in [0.29, 0.717) is 22.6 Å². The quantitative estimate of drug-likeness (QED) is 0.513. The van der Waals surface area contributed by atoms with Gasteiger partial charge < -0.3 is 5.32 Å². The molecule has 3 rings (SSSR count). The molecule has 1 unspecified atom stereocenters. The number of benzene rings is 2. The van der Waals surface area contributed by atoms with Gasteiger partial charge in [0.1, 0.15) is 5.82 Å². The lowest BCUT2D eigenvalue weighted by molar-refractivity contribution is -0.115. The molecule has 1 N–H and O–H groups in total. The van der Waals surface area contributed by atoms with E-state index in [9.17, 15) is 14.0 Å². The van der Waals surface area contributed by atoms with Gasteiger partial charge in [0.05, 0.1) is 21.8 Å². The summed E-state index contributed by atoms with van der Waals surface area (Å²) in [6.07, 6.45) is 0.767. The number of anilines is 1. The van der Waals surface area contributed by atoms with Crippen LogP contribution in [0.5, 0.6) is 0 Å². The number of rotatable bonds is 6. The number of para-hydroxylation sites is 2. The standard InChI is InChI=1S/C20H20FN3O2S/c1-3-12-24-19(26)14-8-4-6-10-16(14)23-20(24)27-13(2)18(25)22-17-11-7-5-9-15(17)21/h4-11,13H,3,12H2,1-2H3,(H,22,25). The summed E-state index contributed by atoms with van der Waals surface area (Å²) in [7, 11) is 0. The Bertz CT molecular complexity index is 1040. The topological polar surface area (TPSA) is 64.0 Å². The van der Waals surface area contributed by atoms with Crippen LogP contribution in [0.3, 0.4) is 0 Å². The van der Waals surface area contributed by atoms with Crippen molar-refractivity contribution in [1.29, 1.82) is 0 Å². The van der Waals surface area contributed by atoms with Gasteiger partial charge in [0.25, 0.3) is 5.56 Å². The molecular formula is C20H20FN3O2S. The highest BCUT2D eigenvalue weighted by Gasteiger charge is 2.20. The van der Waals surface area contributed by atoms with Gasteiger partial charge in [-0.05, 0) is 37.6 Å². The van der Waals surface area contributed by atoms with Gasteiger partial charge in [-0.3, -0.25) is 14.2 Å². The van der Waals surface area contributed by atoms with Crippen LogP contribution in [-0.2, 0) is 11.3 Å². The molecule has 0 aliphatic rings. The van der Waals surface area contributed by atoms with Crippen LogP contribution in [0, 0.1) is 5.82 Å². The predicted octanol–water partition coefficient (Wildman–Crippen LogP) is 4.06. The average molecular weight is 385 g/mol. The Balaban J connectivity index is 1.88. The van der Waals surface area contributed by atoms with Gasteiger partial charge >= 0.3 is 0 Å². The number of hydrogen-bond donors (Lipinski definition) is 1. The van der Waals surface area contributed by atoms with E-state index in [1.807, 2.05) is 13.0 Å². The third-order valence-corrected chi connectivity index (χ3v) is 5.15. The number of amides is 1. The smallest absolute Gasteiger partial charge is 0.262 e. The second-order valence-electron chi connectivity index (χ2n) is 6.10. The normalized spacial score (nSPS) is 12.1. The van der Waals surface area contributed by atoms with Gasteiger partial charge in [-0.25, -0.2) is 9.37 Å². The summed E-state index contributed by atoms with van der Waals surface area (Å²) in [4.78, 5) is 29.8. The molecule has 3 aromatic rings. The molecular weight excluding hydrogens is 365 g/mol. The van der Waals surface area contributed by atoms with E-state index < -0.39 is 11.1 Å². The van der Waals surface area contributed by atoms with E-state index >= 15 is 0 Å². The summed E-state index contributed by atoms with van der Waals surface area (Å²) in [5.41, 5.74) is 0.609. The zero-order chi connectivity index (χ0) is 19.4. The van der Waals surface area contributed by atoms with Crippen molar-refractivity contribution < 1.29 is 9.18 Å². The summed E-state index contributed by atoms with van der Waals surface area (Å²) >= 11 is 1.19. The molecule has 0 saturated carbocycles. The minimum Gasteiger partial charge on any atom is -0.323 e. The Hall–Kier alpha value is -2.67. The summed E-state index contributed by atoms with van der Waals surface area (Å²) < 4.78 is 15.3. The van der Waals surface area contributed by atoms with Crippen molar-refractivity contribution in [1.82, 2.24) is 9.55 Å². The number of nitrogens with one attached hydrogen (secondary N) is 1. The van der Waals surface area contributed by atoms with Gasteiger partial charge in [0, 0.05) is 6.54 Å². The Kier molecular flexibility index (Phi) is 5.91. The van der Waals surface area contributed by atoms with Gasteiger partial charge in [0.2, 0.25) is 5.91 Å². The Morgan fingerprint density at radius 3 is 2.67 bits per heavy atom. The molecule has 1 heterocycles. The molecule has 1 atom stereocenters. The van der Waals surface area contributed by atoms with Crippen molar-refractivity contribution in [3.05, 3.63) is 64.7 Å². The minimum atomic E-state index is -0.555. The minimum absolute atomic E-state index is 0.119. The lowest BCUT2D eigenvalue weighted by Gasteiger charge is -2.16. The van der Waals surface area contributed by atoms with E-state index in [4.69, 9.17) is 0 Å². The number of nitrogens with zero attached hydrogens (tertiary/aromatic N) is 2. The molecule has 0 aliphatic heterocycles. The maximum absolute atomic E-state index is 13.8. The van der Waals surface area contributed by atoms with Crippen LogP contribution < -0.4 is 10.9 Å². The lowest BCUT2D eigenvalue weighted by atomic mass is 10.2. The second-order valence-corrected chi connectivity index (χ2v) is 7.41. The summed E-state index contributed by atoms with van der Waals surface area (Å²) in [5.74, 6) is -0.842. The number of hydrogen-bond acceptors (Lipinski definition) is 4. The maximum Gasteiger partial charge on any atom is 0.262 e. The van der Waals surface area contributed by atoms with Gasteiger partial charge in [0.15, 0.2) is 5.16 Å². The fourth-order valence-corrected chi connectivity index (χ4v) is 3.60. The molecule has 0 bridgehead atoms. The first-order valence-electron chi connectivity index (χ1n) is 8.73. The number of aromatic nitrogens is 2. The van der Waals surface area contributed by atoms with Crippen LogP contribution in [0.1, 0.15) is 20.3 Å². The van der Waals surface area contributed by atoms with Gasteiger partial charge in [-0.15, -0.1) is 0 Å². The zero-order valence-electron chi connectivity index (χ0n) is 15.1. The largest absolute Gasteiger partial charge is 0.323 e. The van der Waals surface area contributed by atoms with Crippen LogP contribution >= 0.6 is 11.8 Å². The first-order chi connectivity index (χ1) is 13.0. The van der Waals surface area contributed by atoms with Crippen molar-refractivity contribution in [3.8, 4) is 0 Å².